The molecule has 0 aliphatic rings. The fourth-order valence-corrected chi connectivity index (χ4v) is 3.31. The zero-order chi connectivity index (χ0) is 20.8. The van der Waals surface area contributed by atoms with Crippen molar-refractivity contribution in [2.45, 2.75) is 39.3 Å². The molecule has 0 unspecified atom stereocenters. The summed E-state index contributed by atoms with van der Waals surface area (Å²) >= 11 is 0. The highest BCUT2D eigenvalue weighted by molar-refractivity contribution is 6.04. The number of rotatable bonds is 8. The smallest absolute Gasteiger partial charge is 0.274 e. The highest BCUT2D eigenvalue weighted by Gasteiger charge is 2.20. The summed E-state index contributed by atoms with van der Waals surface area (Å²) in [6.07, 6.45) is 2.93. The maximum absolute atomic E-state index is 13.2. The molecular weight excluding hydrogens is 366 g/mol. The fourth-order valence-electron chi connectivity index (χ4n) is 3.31. The lowest BCUT2D eigenvalue weighted by Crippen LogP contribution is -2.32. The number of ether oxygens (including phenoxy) is 1. The van der Waals surface area contributed by atoms with Crippen LogP contribution < -0.4 is 10.3 Å². The highest BCUT2D eigenvalue weighted by Crippen LogP contribution is 2.17. The van der Waals surface area contributed by atoms with E-state index >= 15 is 0 Å². The van der Waals surface area contributed by atoms with Crippen molar-refractivity contribution in [3.05, 3.63) is 70.1 Å². The van der Waals surface area contributed by atoms with Gasteiger partial charge in [0.15, 0.2) is 5.69 Å². The summed E-state index contributed by atoms with van der Waals surface area (Å²) in [6.45, 7) is 3.06. The number of amides is 1. The highest BCUT2D eigenvalue weighted by atomic mass is 16.5. The molecule has 0 spiro atoms. The first-order chi connectivity index (χ1) is 14.0. The van der Waals surface area contributed by atoms with Crippen LogP contribution in [0.15, 0.2) is 53.3 Å². The Morgan fingerprint density at radius 3 is 2.41 bits per heavy atom. The maximum Gasteiger partial charge on any atom is 0.274 e. The number of carbonyl (C=O) groups excluding carboxylic acids is 1. The third-order valence-corrected chi connectivity index (χ3v) is 4.97. The zero-order valence-corrected chi connectivity index (χ0v) is 17.2. The number of fused-ring (bicyclic) bond motifs is 1. The number of unbranched alkanes of at least 4 members (excludes halogenated alkanes) is 2. The van der Waals surface area contributed by atoms with E-state index < -0.39 is 0 Å². The number of carbonyl (C=O) groups is 1. The second kappa shape index (κ2) is 9.37. The summed E-state index contributed by atoms with van der Waals surface area (Å²) < 4.78 is 6.62. The predicted molar refractivity (Wildman–Crippen MR) is 114 cm³/mol. The fraction of sp³-hybridized carbons (Fsp3) is 0.348. The average Bonchev–Trinajstić information content (AvgIpc) is 2.75. The molecule has 0 atom stereocenters. The standard InChI is InChI=1S/C23H27N3O3/c1-4-5-8-15-26-22(27)20-10-7-6-9-19(20)21(24-26)23(28)25(2)16-17-11-13-18(29-3)14-12-17/h6-7,9-14H,4-5,8,15-16H2,1-3H3. The van der Waals surface area contributed by atoms with Crippen LogP contribution in [-0.2, 0) is 13.1 Å². The van der Waals surface area contributed by atoms with Crippen LogP contribution in [0, 0.1) is 0 Å². The van der Waals surface area contributed by atoms with E-state index in [-0.39, 0.29) is 11.5 Å². The molecule has 0 saturated carbocycles. The molecular formula is C23H27N3O3. The van der Waals surface area contributed by atoms with Crippen LogP contribution in [0.5, 0.6) is 5.75 Å². The van der Waals surface area contributed by atoms with Crippen molar-refractivity contribution in [3.63, 3.8) is 0 Å². The number of aromatic nitrogens is 2. The molecule has 1 amide bonds. The molecule has 0 N–H and O–H groups in total. The van der Waals surface area contributed by atoms with E-state index in [0.717, 1.165) is 30.6 Å². The largest absolute Gasteiger partial charge is 0.497 e. The van der Waals surface area contributed by atoms with Crippen molar-refractivity contribution in [1.29, 1.82) is 0 Å². The molecule has 3 rings (SSSR count). The Hall–Kier alpha value is -3.15. The van der Waals surface area contributed by atoms with Gasteiger partial charge in [-0.2, -0.15) is 5.10 Å². The van der Waals surface area contributed by atoms with Gasteiger partial charge in [0.1, 0.15) is 5.75 Å². The molecule has 0 radical (unpaired) electrons. The van der Waals surface area contributed by atoms with Gasteiger partial charge in [0.05, 0.1) is 12.5 Å². The Bertz CT molecular complexity index is 1040. The van der Waals surface area contributed by atoms with Gasteiger partial charge in [0.25, 0.3) is 11.5 Å². The minimum atomic E-state index is -0.207. The first kappa shape index (κ1) is 20.6. The third-order valence-electron chi connectivity index (χ3n) is 4.97. The SMILES string of the molecule is CCCCCn1nc(C(=O)N(C)Cc2ccc(OC)cc2)c2ccccc2c1=O. The Morgan fingerprint density at radius 2 is 1.76 bits per heavy atom. The van der Waals surface area contributed by atoms with E-state index in [1.54, 1.807) is 31.2 Å². The van der Waals surface area contributed by atoms with E-state index in [1.165, 1.54) is 4.68 Å². The lowest BCUT2D eigenvalue weighted by molar-refractivity contribution is 0.0778. The van der Waals surface area contributed by atoms with E-state index in [2.05, 4.69) is 12.0 Å². The first-order valence-corrected chi connectivity index (χ1v) is 9.93. The Kier molecular flexibility index (Phi) is 6.65. The third kappa shape index (κ3) is 4.65. The molecule has 3 aromatic rings. The number of nitrogens with zero attached hydrogens (tertiary/aromatic N) is 3. The van der Waals surface area contributed by atoms with Gasteiger partial charge < -0.3 is 9.64 Å². The van der Waals surface area contributed by atoms with E-state index in [4.69, 9.17) is 4.74 Å². The summed E-state index contributed by atoms with van der Waals surface area (Å²) in [5.74, 6) is 0.566. The predicted octanol–water partition coefficient (Wildman–Crippen LogP) is 3.87. The van der Waals surface area contributed by atoms with Crippen LogP contribution in [0.3, 0.4) is 0 Å². The summed E-state index contributed by atoms with van der Waals surface area (Å²) in [5, 5.41) is 5.58. The molecule has 2 aromatic carbocycles. The molecule has 0 fully saturated rings. The quantitative estimate of drug-likeness (QED) is 0.545. The van der Waals surface area contributed by atoms with Crippen molar-refractivity contribution >= 4 is 16.7 Å². The van der Waals surface area contributed by atoms with E-state index in [0.29, 0.717) is 29.6 Å². The molecule has 0 saturated heterocycles. The van der Waals surface area contributed by atoms with Crippen molar-refractivity contribution in [2.75, 3.05) is 14.2 Å². The summed E-state index contributed by atoms with van der Waals surface area (Å²) in [6, 6.07) is 14.8. The van der Waals surface area contributed by atoms with Gasteiger partial charge >= 0.3 is 0 Å². The summed E-state index contributed by atoms with van der Waals surface area (Å²) in [7, 11) is 3.37. The second-order valence-electron chi connectivity index (χ2n) is 7.14. The van der Waals surface area contributed by atoms with E-state index in [9.17, 15) is 9.59 Å². The van der Waals surface area contributed by atoms with Gasteiger partial charge in [-0.05, 0) is 30.2 Å². The van der Waals surface area contributed by atoms with Crippen LogP contribution in [0.2, 0.25) is 0 Å². The van der Waals surface area contributed by atoms with Gasteiger partial charge in [-0.25, -0.2) is 4.68 Å². The van der Waals surface area contributed by atoms with Crippen LogP contribution in [-0.4, -0.2) is 34.7 Å². The second-order valence-corrected chi connectivity index (χ2v) is 7.14. The minimum Gasteiger partial charge on any atom is -0.497 e. The molecule has 1 heterocycles. The molecule has 152 valence electrons. The molecule has 0 aliphatic carbocycles. The van der Waals surface area contributed by atoms with Crippen LogP contribution in [0.4, 0.5) is 0 Å². The van der Waals surface area contributed by atoms with Crippen molar-refractivity contribution in [1.82, 2.24) is 14.7 Å². The van der Waals surface area contributed by atoms with Gasteiger partial charge in [0.2, 0.25) is 0 Å². The van der Waals surface area contributed by atoms with Crippen molar-refractivity contribution in [3.8, 4) is 5.75 Å². The molecule has 6 heteroatoms. The molecule has 29 heavy (non-hydrogen) atoms. The van der Waals surface area contributed by atoms with Crippen LogP contribution in [0.1, 0.15) is 42.2 Å². The molecule has 0 aliphatic heterocycles. The summed E-state index contributed by atoms with van der Waals surface area (Å²) in [5.41, 5.74) is 1.15. The zero-order valence-electron chi connectivity index (χ0n) is 17.2. The molecule has 1 aromatic heterocycles. The van der Waals surface area contributed by atoms with Crippen molar-refractivity contribution in [2.24, 2.45) is 0 Å². The van der Waals surface area contributed by atoms with Gasteiger partial charge in [-0.15, -0.1) is 0 Å². The van der Waals surface area contributed by atoms with Crippen molar-refractivity contribution < 1.29 is 9.53 Å². The minimum absolute atomic E-state index is 0.147. The Morgan fingerprint density at radius 1 is 1.07 bits per heavy atom. The molecule has 0 bridgehead atoms. The maximum atomic E-state index is 13.2. The van der Waals surface area contributed by atoms with Gasteiger partial charge in [0, 0.05) is 25.5 Å². The van der Waals surface area contributed by atoms with Crippen LogP contribution >= 0.6 is 0 Å². The lowest BCUT2D eigenvalue weighted by Gasteiger charge is -2.19. The first-order valence-electron chi connectivity index (χ1n) is 9.93. The number of aryl methyl sites for hydroxylation is 1. The number of benzene rings is 2. The van der Waals surface area contributed by atoms with Gasteiger partial charge in [-0.1, -0.05) is 50.1 Å². The monoisotopic (exact) mass is 393 g/mol. The van der Waals surface area contributed by atoms with Crippen LogP contribution in [0.25, 0.3) is 10.8 Å². The van der Waals surface area contributed by atoms with Gasteiger partial charge in [-0.3, -0.25) is 9.59 Å². The number of hydrogen-bond donors (Lipinski definition) is 0. The normalized spacial score (nSPS) is 10.9. The van der Waals surface area contributed by atoms with E-state index in [1.807, 2.05) is 36.4 Å². The number of hydrogen-bond acceptors (Lipinski definition) is 4. The lowest BCUT2D eigenvalue weighted by atomic mass is 10.1. The topological polar surface area (TPSA) is 64.4 Å². The average molecular weight is 393 g/mol. The number of methoxy groups -OCH3 is 1. The summed E-state index contributed by atoms with van der Waals surface area (Å²) in [4.78, 5) is 27.6. The molecule has 6 nitrogen and oxygen atoms in total. The Balaban J connectivity index is 1.92. The Labute approximate surface area is 170 Å².